The van der Waals surface area contributed by atoms with Crippen LogP contribution >= 0.6 is 0 Å². The number of carbonyl (C=O) groups excluding carboxylic acids is 2. The van der Waals surface area contributed by atoms with Crippen molar-refractivity contribution < 1.29 is 9.59 Å². The van der Waals surface area contributed by atoms with E-state index >= 15 is 0 Å². The highest BCUT2D eigenvalue weighted by Gasteiger charge is 2.11. The Morgan fingerprint density at radius 2 is 1.48 bits per heavy atom. The maximum Gasteiger partial charge on any atom is 0.255 e. The Balaban J connectivity index is 1.68. The number of nitrogens with one attached hydrogen (secondary N) is 2. The standard InChI is InChI=1S/C23H22N2O2/c1-16-11-12-21(17(2)13-16)25-23(27)20-10-6-9-19(14-20)22(26)24-15-18-7-4-3-5-8-18/h3-14H,15H2,1-2H3,(H,24,26)(H,25,27). The van der Waals surface area contributed by atoms with Gasteiger partial charge in [0.05, 0.1) is 0 Å². The number of aryl methyl sites for hydroxylation is 2. The summed E-state index contributed by atoms with van der Waals surface area (Å²) in [4.78, 5) is 25.0. The number of carbonyl (C=O) groups is 2. The van der Waals surface area contributed by atoms with Crippen LogP contribution in [0.2, 0.25) is 0 Å². The van der Waals surface area contributed by atoms with Gasteiger partial charge in [0.1, 0.15) is 0 Å². The van der Waals surface area contributed by atoms with Crippen LogP contribution in [0.15, 0.2) is 72.8 Å². The van der Waals surface area contributed by atoms with Crippen molar-refractivity contribution in [3.8, 4) is 0 Å². The fourth-order valence-electron chi connectivity index (χ4n) is 2.83. The van der Waals surface area contributed by atoms with Crippen molar-refractivity contribution in [2.75, 3.05) is 5.32 Å². The van der Waals surface area contributed by atoms with Gasteiger partial charge in [-0.2, -0.15) is 0 Å². The minimum atomic E-state index is -0.236. The molecule has 2 amide bonds. The molecule has 0 aliphatic carbocycles. The van der Waals surface area contributed by atoms with Crippen molar-refractivity contribution in [2.45, 2.75) is 20.4 Å². The molecule has 0 aliphatic heterocycles. The average Bonchev–Trinajstić information content (AvgIpc) is 2.69. The maximum absolute atomic E-state index is 12.6. The van der Waals surface area contributed by atoms with E-state index < -0.39 is 0 Å². The van der Waals surface area contributed by atoms with Gasteiger partial charge in [0.2, 0.25) is 0 Å². The predicted octanol–water partition coefficient (Wildman–Crippen LogP) is 4.49. The van der Waals surface area contributed by atoms with Gasteiger partial charge in [0.25, 0.3) is 11.8 Å². The van der Waals surface area contributed by atoms with Gasteiger partial charge in [-0.3, -0.25) is 9.59 Å². The van der Waals surface area contributed by atoms with E-state index in [0.717, 1.165) is 22.4 Å². The third-order valence-corrected chi connectivity index (χ3v) is 4.31. The second kappa shape index (κ2) is 8.32. The molecule has 0 aliphatic rings. The Hall–Kier alpha value is -3.40. The Morgan fingerprint density at radius 1 is 0.778 bits per heavy atom. The first-order chi connectivity index (χ1) is 13.0. The van der Waals surface area contributed by atoms with Crippen molar-refractivity contribution >= 4 is 17.5 Å². The summed E-state index contributed by atoms with van der Waals surface area (Å²) >= 11 is 0. The average molecular weight is 358 g/mol. The van der Waals surface area contributed by atoms with Crippen LogP contribution in [0.25, 0.3) is 0 Å². The number of hydrogen-bond donors (Lipinski definition) is 2. The first-order valence-corrected chi connectivity index (χ1v) is 8.84. The third kappa shape index (κ3) is 4.82. The molecule has 0 saturated heterocycles. The minimum absolute atomic E-state index is 0.208. The van der Waals surface area contributed by atoms with Gasteiger partial charge in [0.15, 0.2) is 0 Å². The Labute approximate surface area is 159 Å². The van der Waals surface area contributed by atoms with Crippen LogP contribution in [0, 0.1) is 13.8 Å². The lowest BCUT2D eigenvalue weighted by Gasteiger charge is -2.10. The molecule has 0 heterocycles. The minimum Gasteiger partial charge on any atom is -0.348 e. The van der Waals surface area contributed by atoms with E-state index in [1.165, 1.54) is 0 Å². The van der Waals surface area contributed by atoms with Crippen LogP contribution in [0.5, 0.6) is 0 Å². The topological polar surface area (TPSA) is 58.2 Å². The van der Waals surface area contributed by atoms with Gasteiger partial charge in [0, 0.05) is 23.4 Å². The number of anilines is 1. The van der Waals surface area contributed by atoms with Crippen LogP contribution in [0.3, 0.4) is 0 Å². The second-order valence-corrected chi connectivity index (χ2v) is 6.52. The normalized spacial score (nSPS) is 10.3. The Morgan fingerprint density at radius 3 is 2.19 bits per heavy atom. The first kappa shape index (κ1) is 18.4. The van der Waals surface area contributed by atoms with E-state index in [2.05, 4.69) is 10.6 Å². The molecule has 136 valence electrons. The van der Waals surface area contributed by atoms with Gasteiger partial charge in [-0.1, -0.05) is 54.1 Å². The van der Waals surface area contributed by atoms with Gasteiger partial charge in [-0.25, -0.2) is 0 Å². The molecule has 0 radical (unpaired) electrons. The monoisotopic (exact) mass is 358 g/mol. The Bertz CT molecular complexity index is 965. The zero-order chi connectivity index (χ0) is 19.2. The molecule has 0 saturated carbocycles. The summed E-state index contributed by atoms with van der Waals surface area (Å²) in [7, 11) is 0. The molecular weight excluding hydrogens is 336 g/mol. The summed E-state index contributed by atoms with van der Waals surface area (Å²) in [5, 5.41) is 5.78. The van der Waals surface area contributed by atoms with Gasteiger partial charge >= 0.3 is 0 Å². The van der Waals surface area contributed by atoms with Crippen LogP contribution in [-0.2, 0) is 6.54 Å². The lowest BCUT2D eigenvalue weighted by atomic mass is 10.1. The van der Waals surface area contributed by atoms with E-state index in [0.29, 0.717) is 17.7 Å². The summed E-state index contributed by atoms with van der Waals surface area (Å²) in [6.07, 6.45) is 0. The predicted molar refractivity (Wildman–Crippen MR) is 108 cm³/mol. The second-order valence-electron chi connectivity index (χ2n) is 6.52. The molecule has 2 N–H and O–H groups in total. The number of benzene rings is 3. The van der Waals surface area contributed by atoms with Crippen molar-refractivity contribution in [1.82, 2.24) is 5.32 Å². The number of amides is 2. The summed E-state index contributed by atoms with van der Waals surface area (Å²) in [6, 6.07) is 22.3. The molecule has 0 fully saturated rings. The summed E-state index contributed by atoms with van der Waals surface area (Å²) in [5.41, 5.74) is 4.84. The van der Waals surface area contributed by atoms with E-state index in [-0.39, 0.29) is 11.8 Å². The largest absolute Gasteiger partial charge is 0.348 e. The quantitative estimate of drug-likeness (QED) is 0.706. The molecule has 3 aromatic rings. The molecule has 0 atom stereocenters. The third-order valence-electron chi connectivity index (χ3n) is 4.31. The highest BCUT2D eigenvalue weighted by molar-refractivity contribution is 6.06. The molecule has 4 heteroatoms. The molecule has 3 aromatic carbocycles. The molecule has 3 rings (SSSR count). The maximum atomic E-state index is 12.6. The van der Waals surface area contributed by atoms with Crippen molar-refractivity contribution in [3.63, 3.8) is 0 Å². The van der Waals surface area contributed by atoms with E-state index in [1.54, 1.807) is 24.3 Å². The summed E-state index contributed by atoms with van der Waals surface area (Å²) in [6.45, 7) is 4.41. The number of hydrogen-bond acceptors (Lipinski definition) is 2. The van der Waals surface area contributed by atoms with Gasteiger partial charge in [-0.05, 0) is 49.2 Å². The van der Waals surface area contributed by atoms with Crippen LogP contribution in [0.4, 0.5) is 5.69 Å². The molecule has 4 nitrogen and oxygen atoms in total. The highest BCUT2D eigenvalue weighted by atomic mass is 16.2. The lowest BCUT2D eigenvalue weighted by molar-refractivity contribution is 0.0951. The van der Waals surface area contributed by atoms with E-state index in [4.69, 9.17) is 0 Å². The fourth-order valence-corrected chi connectivity index (χ4v) is 2.83. The van der Waals surface area contributed by atoms with Gasteiger partial charge < -0.3 is 10.6 Å². The SMILES string of the molecule is Cc1ccc(NC(=O)c2cccc(C(=O)NCc3ccccc3)c2)c(C)c1. The molecule has 0 unspecified atom stereocenters. The number of rotatable bonds is 5. The smallest absolute Gasteiger partial charge is 0.255 e. The summed E-state index contributed by atoms with van der Waals surface area (Å²) in [5.74, 6) is -0.445. The molecular formula is C23H22N2O2. The zero-order valence-electron chi connectivity index (χ0n) is 15.5. The van der Waals surface area contributed by atoms with Crippen LogP contribution in [0.1, 0.15) is 37.4 Å². The van der Waals surface area contributed by atoms with Crippen LogP contribution in [-0.4, -0.2) is 11.8 Å². The lowest BCUT2D eigenvalue weighted by Crippen LogP contribution is -2.23. The Kier molecular flexibility index (Phi) is 5.67. The fraction of sp³-hybridized carbons (Fsp3) is 0.130. The molecule has 0 aromatic heterocycles. The molecule has 0 spiro atoms. The van der Waals surface area contributed by atoms with Crippen LogP contribution < -0.4 is 10.6 Å². The first-order valence-electron chi connectivity index (χ1n) is 8.84. The highest BCUT2D eigenvalue weighted by Crippen LogP contribution is 2.17. The van der Waals surface area contributed by atoms with E-state index in [9.17, 15) is 9.59 Å². The van der Waals surface area contributed by atoms with E-state index in [1.807, 2.05) is 62.4 Å². The van der Waals surface area contributed by atoms with Gasteiger partial charge in [-0.15, -0.1) is 0 Å². The molecule has 27 heavy (non-hydrogen) atoms. The summed E-state index contributed by atoms with van der Waals surface area (Å²) < 4.78 is 0. The van der Waals surface area contributed by atoms with Crippen molar-refractivity contribution in [2.24, 2.45) is 0 Å². The van der Waals surface area contributed by atoms with Crippen molar-refractivity contribution in [1.29, 1.82) is 0 Å². The molecule has 0 bridgehead atoms. The zero-order valence-corrected chi connectivity index (χ0v) is 15.5. The van der Waals surface area contributed by atoms with Crippen molar-refractivity contribution in [3.05, 3.63) is 101 Å².